The summed E-state index contributed by atoms with van der Waals surface area (Å²) >= 11 is 0. The second kappa shape index (κ2) is 10.2. The average molecular weight is 386 g/mol. The van der Waals surface area contributed by atoms with Crippen molar-refractivity contribution in [1.82, 2.24) is 4.90 Å². The van der Waals surface area contributed by atoms with E-state index in [1.165, 1.54) is 0 Å². The number of anilines is 1. The van der Waals surface area contributed by atoms with Crippen LogP contribution in [0.4, 0.5) is 10.5 Å². The van der Waals surface area contributed by atoms with Crippen LogP contribution in [0.5, 0.6) is 11.5 Å². The van der Waals surface area contributed by atoms with Crippen molar-refractivity contribution in [3.63, 3.8) is 0 Å². The zero-order chi connectivity index (χ0) is 20.5. The quantitative estimate of drug-likeness (QED) is 0.750. The molecule has 0 saturated heterocycles. The fourth-order valence-corrected chi connectivity index (χ4v) is 2.67. The molecule has 0 aromatic heterocycles. The van der Waals surface area contributed by atoms with Gasteiger partial charge < -0.3 is 19.1 Å². The summed E-state index contributed by atoms with van der Waals surface area (Å²) in [5.41, 5.74) is 2.04. The number of hydrogen-bond donors (Lipinski definition) is 1. The highest BCUT2D eigenvalue weighted by Gasteiger charge is 2.13. The number of benzene rings is 2. The molecular formula is C21H26N2O5. The smallest absolute Gasteiger partial charge is 0.411 e. The normalized spacial score (nSPS) is 10.1. The molecule has 0 aliphatic rings. The van der Waals surface area contributed by atoms with Gasteiger partial charge in [-0.1, -0.05) is 12.1 Å². The minimum atomic E-state index is -0.547. The molecule has 0 unspecified atom stereocenters. The molecule has 0 aliphatic carbocycles. The molecule has 0 atom stereocenters. The van der Waals surface area contributed by atoms with Crippen molar-refractivity contribution in [3.8, 4) is 11.5 Å². The van der Waals surface area contributed by atoms with Crippen LogP contribution in [0.3, 0.4) is 0 Å². The van der Waals surface area contributed by atoms with Crippen LogP contribution in [0.2, 0.25) is 0 Å². The van der Waals surface area contributed by atoms with Gasteiger partial charge in [0.15, 0.2) is 11.5 Å². The molecule has 0 heterocycles. The maximum absolute atomic E-state index is 12.7. The first kappa shape index (κ1) is 21.1. The number of rotatable bonds is 8. The van der Waals surface area contributed by atoms with E-state index >= 15 is 0 Å². The average Bonchev–Trinajstić information content (AvgIpc) is 2.71. The number of hydrogen-bond acceptors (Lipinski definition) is 5. The van der Waals surface area contributed by atoms with Gasteiger partial charge in [-0.15, -0.1) is 0 Å². The number of carbonyl (C=O) groups excluding carboxylic acids is 2. The number of ether oxygens (including phenoxy) is 3. The van der Waals surface area contributed by atoms with Crippen molar-refractivity contribution in [1.29, 1.82) is 0 Å². The fourth-order valence-electron chi connectivity index (χ4n) is 2.67. The molecule has 7 heteroatoms. The number of carbonyl (C=O) groups is 2. The standard InChI is InChI=1S/C21H26N2O5/c1-5-28-21(25)22-17-8-6-7-16(14-17)20(24)23(2)12-11-15-9-10-18(26-3)19(13-15)27-4/h6-10,13-14H,5,11-12H2,1-4H3,(H,22,25). The van der Waals surface area contributed by atoms with Crippen molar-refractivity contribution in [2.45, 2.75) is 13.3 Å². The number of likely N-dealkylation sites (N-methyl/N-ethyl adjacent to an activating group) is 1. The van der Waals surface area contributed by atoms with E-state index in [4.69, 9.17) is 14.2 Å². The molecule has 0 bridgehead atoms. The summed E-state index contributed by atoms with van der Waals surface area (Å²) in [6.07, 6.45) is 0.123. The summed E-state index contributed by atoms with van der Waals surface area (Å²) in [6.45, 7) is 2.54. The van der Waals surface area contributed by atoms with Crippen LogP contribution in [-0.2, 0) is 11.2 Å². The summed E-state index contributed by atoms with van der Waals surface area (Å²) in [7, 11) is 4.93. The first-order chi connectivity index (χ1) is 13.5. The lowest BCUT2D eigenvalue weighted by molar-refractivity contribution is 0.0796. The lowest BCUT2D eigenvalue weighted by atomic mass is 10.1. The van der Waals surface area contributed by atoms with Crippen molar-refractivity contribution < 1.29 is 23.8 Å². The lowest BCUT2D eigenvalue weighted by Gasteiger charge is -2.18. The van der Waals surface area contributed by atoms with E-state index in [0.717, 1.165) is 5.56 Å². The van der Waals surface area contributed by atoms with Crippen LogP contribution >= 0.6 is 0 Å². The van der Waals surface area contributed by atoms with Crippen LogP contribution in [0.25, 0.3) is 0 Å². The zero-order valence-electron chi connectivity index (χ0n) is 16.7. The van der Waals surface area contributed by atoms with Crippen molar-refractivity contribution in [3.05, 3.63) is 53.6 Å². The highest BCUT2D eigenvalue weighted by molar-refractivity contribution is 5.96. The maximum atomic E-state index is 12.7. The molecule has 0 spiro atoms. The Morgan fingerprint density at radius 3 is 2.46 bits per heavy atom. The first-order valence-electron chi connectivity index (χ1n) is 8.98. The van der Waals surface area contributed by atoms with Gasteiger partial charge in [-0.25, -0.2) is 4.79 Å². The Balaban J connectivity index is 2.00. The third kappa shape index (κ3) is 5.64. The lowest BCUT2D eigenvalue weighted by Crippen LogP contribution is -2.29. The van der Waals surface area contributed by atoms with E-state index < -0.39 is 6.09 Å². The van der Waals surface area contributed by atoms with Crippen LogP contribution in [0.1, 0.15) is 22.8 Å². The molecule has 7 nitrogen and oxygen atoms in total. The topological polar surface area (TPSA) is 77.1 Å². The van der Waals surface area contributed by atoms with E-state index in [1.54, 1.807) is 57.4 Å². The van der Waals surface area contributed by atoms with Crippen molar-refractivity contribution >= 4 is 17.7 Å². The Bertz CT molecular complexity index is 822. The molecular weight excluding hydrogens is 360 g/mol. The number of nitrogens with one attached hydrogen (secondary N) is 1. The fraction of sp³-hybridized carbons (Fsp3) is 0.333. The van der Waals surface area contributed by atoms with Gasteiger partial charge in [0.25, 0.3) is 5.91 Å². The molecule has 28 heavy (non-hydrogen) atoms. The van der Waals surface area contributed by atoms with E-state index in [9.17, 15) is 9.59 Å². The summed E-state index contributed by atoms with van der Waals surface area (Å²) in [4.78, 5) is 25.9. The summed E-state index contributed by atoms with van der Waals surface area (Å²) in [6, 6.07) is 12.5. The largest absolute Gasteiger partial charge is 0.493 e. The molecule has 150 valence electrons. The highest BCUT2D eigenvalue weighted by atomic mass is 16.5. The first-order valence-corrected chi connectivity index (χ1v) is 8.98. The van der Waals surface area contributed by atoms with E-state index in [-0.39, 0.29) is 12.5 Å². The Kier molecular flexibility index (Phi) is 7.68. The van der Waals surface area contributed by atoms with Gasteiger partial charge >= 0.3 is 6.09 Å². The Morgan fingerprint density at radius 2 is 1.79 bits per heavy atom. The number of nitrogens with zero attached hydrogens (tertiary/aromatic N) is 1. The molecule has 1 N–H and O–H groups in total. The molecule has 0 aliphatic heterocycles. The van der Waals surface area contributed by atoms with Gasteiger partial charge in [0, 0.05) is 24.8 Å². The van der Waals surface area contributed by atoms with Crippen LogP contribution in [0, 0.1) is 0 Å². The third-order valence-electron chi connectivity index (χ3n) is 4.16. The molecule has 2 amide bonds. The van der Waals surface area contributed by atoms with Gasteiger partial charge in [0.1, 0.15) is 0 Å². The third-order valence-corrected chi connectivity index (χ3v) is 4.16. The van der Waals surface area contributed by atoms with Gasteiger partial charge in [0.2, 0.25) is 0 Å². The molecule has 2 aromatic rings. The van der Waals surface area contributed by atoms with Crippen LogP contribution in [-0.4, -0.2) is 51.3 Å². The summed E-state index contributed by atoms with van der Waals surface area (Å²) in [5.74, 6) is 1.20. The van der Waals surface area contributed by atoms with Gasteiger partial charge in [-0.2, -0.15) is 0 Å². The van der Waals surface area contributed by atoms with Gasteiger partial charge in [-0.05, 0) is 49.2 Å². The second-order valence-corrected chi connectivity index (χ2v) is 6.09. The zero-order valence-corrected chi connectivity index (χ0v) is 16.7. The predicted octanol–water partition coefficient (Wildman–Crippen LogP) is 3.59. The minimum Gasteiger partial charge on any atom is -0.493 e. The minimum absolute atomic E-state index is 0.131. The maximum Gasteiger partial charge on any atom is 0.411 e. The van der Waals surface area contributed by atoms with Crippen molar-refractivity contribution in [2.24, 2.45) is 0 Å². The van der Waals surface area contributed by atoms with Gasteiger partial charge in [-0.3, -0.25) is 10.1 Å². The molecule has 2 rings (SSSR count). The Hall–Kier alpha value is -3.22. The second-order valence-electron chi connectivity index (χ2n) is 6.09. The number of methoxy groups -OCH3 is 2. The summed E-state index contributed by atoms with van der Waals surface area (Å²) < 4.78 is 15.4. The molecule has 2 aromatic carbocycles. The predicted molar refractivity (Wildman–Crippen MR) is 107 cm³/mol. The molecule has 0 fully saturated rings. The van der Waals surface area contributed by atoms with E-state index in [0.29, 0.717) is 35.7 Å². The van der Waals surface area contributed by atoms with E-state index in [2.05, 4.69) is 5.32 Å². The monoisotopic (exact) mass is 386 g/mol. The van der Waals surface area contributed by atoms with Crippen LogP contribution in [0.15, 0.2) is 42.5 Å². The van der Waals surface area contributed by atoms with Crippen molar-refractivity contribution in [2.75, 3.05) is 39.7 Å². The Labute approximate surface area is 165 Å². The Morgan fingerprint density at radius 1 is 1.04 bits per heavy atom. The highest BCUT2D eigenvalue weighted by Crippen LogP contribution is 2.27. The number of amides is 2. The summed E-state index contributed by atoms with van der Waals surface area (Å²) in [5, 5.41) is 2.60. The van der Waals surface area contributed by atoms with Gasteiger partial charge in [0.05, 0.1) is 20.8 Å². The molecule has 0 saturated carbocycles. The SMILES string of the molecule is CCOC(=O)Nc1cccc(C(=O)N(C)CCc2ccc(OC)c(OC)c2)c1. The van der Waals surface area contributed by atoms with E-state index in [1.807, 2.05) is 18.2 Å². The molecule has 0 radical (unpaired) electrons. The van der Waals surface area contributed by atoms with Crippen LogP contribution < -0.4 is 14.8 Å².